The third kappa shape index (κ3) is 10.2. The Morgan fingerprint density at radius 2 is 1.74 bits per heavy atom. The number of nitrogens with one attached hydrogen (secondary N) is 1. The first-order valence-corrected chi connectivity index (χ1v) is 6.83. The number of hydrogen-bond acceptors (Lipinski definition) is 3. The molecule has 0 fully saturated rings. The molecule has 0 aliphatic rings. The van der Waals surface area contributed by atoms with Crippen molar-refractivity contribution in [3.63, 3.8) is 0 Å². The van der Waals surface area contributed by atoms with Crippen molar-refractivity contribution in [1.29, 1.82) is 0 Å². The van der Waals surface area contributed by atoms with Crippen molar-refractivity contribution in [3.8, 4) is 0 Å². The summed E-state index contributed by atoms with van der Waals surface area (Å²) >= 11 is 0. The molecule has 1 unspecified atom stereocenters. The van der Waals surface area contributed by atoms with Crippen molar-refractivity contribution < 1.29 is 18.3 Å². The molecule has 0 saturated heterocycles. The monoisotopic (exact) mass is 284 g/mol. The minimum absolute atomic E-state index is 0.0496. The standard InChI is InChI=1S/C13H27F3N2O/c1-4-17-12(2,11-19)7-5-6-9-18(3)10-8-13(14,15)16/h17,19H,4-11H2,1-3H3. The highest BCUT2D eigenvalue weighted by Crippen LogP contribution is 2.19. The Balaban J connectivity index is 3.73. The molecule has 0 rings (SSSR count). The van der Waals surface area contributed by atoms with E-state index in [1.165, 1.54) is 0 Å². The molecule has 116 valence electrons. The molecule has 0 saturated carbocycles. The largest absolute Gasteiger partial charge is 0.394 e. The third-order valence-electron chi connectivity index (χ3n) is 3.25. The first-order valence-electron chi connectivity index (χ1n) is 6.83. The number of aliphatic hydroxyl groups is 1. The first kappa shape index (κ1) is 18.7. The van der Waals surface area contributed by atoms with Gasteiger partial charge in [0.1, 0.15) is 0 Å². The van der Waals surface area contributed by atoms with E-state index in [1.807, 2.05) is 13.8 Å². The van der Waals surface area contributed by atoms with Gasteiger partial charge in [-0.15, -0.1) is 0 Å². The third-order valence-corrected chi connectivity index (χ3v) is 3.25. The maximum atomic E-state index is 12.0. The number of likely N-dealkylation sites (N-methyl/N-ethyl adjacent to an activating group) is 1. The number of alkyl halides is 3. The van der Waals surface area contributed by atoms with Crippen LogP contribution in [-0.2, 0) is 0 Å². The van der Waals surface area contributed by atoms with Gasteiger partial charge in [0.05, 0.1) is 13.0 Å². The van der Waals surface area contributed by atoms with Gasteiger partial charge in [-0.3, -0.25) is 0 Å². The van der Waals surface area contributed by atoms with Crippen LogP contribution in [0.25, 0.3) is 0 Å². The lowest BCUT2D eigenvalue weighted by molar-refractivity contribution is -0.137. The number of halogens is 3. The Morgan fingerprint density at radius 1 is 1.11 bits per heavy atom. The van der Waals surface area contributed by atoms with Crippen molar-refractivity contribution in [3.05, 3.63) is 0 Å². The van der Waals surface area contributed by atoms with Crippen LogP contribution in [0.4, 0.5) is 13.2 Å². The summed E-state index contributed by atoms with van der Waals surface area (Å²) in [7, 11) is 1.71. The summed E-state index contributed by atoms with van der Waals surface area (Å²) in [6, 6.07) is 0. The average Bonchev–Trinajstić information content (AvgIpc) is 2.32. The summed E-state index contributed by atoms with van der Waals surface area (Å²) in [6.07, 6.45) is -2.27. The lowest BCUT2D eigenvalue weighted by atomic mass is 9.95. The van der Waals surface area contributed by atoms with E-state index in [2.05, 4.69) is 5.32 Å². The zero-order valence-corrected chi connectivity index (χ0v) is 12.2. The fraction of sp³-hybridized carbons (Fsp3) is 1.00. The predicted octanol–water partition coefficient (Wildman–Crippen LogP) is 2.40. The van der Waals surface area contributed by atoms with Crippen LogP contribution in [0.2, 0.25) is 0 Å². The minimum Gasteiger partial charge on any atom is -0.394 e. The number of unbranched alkanes of at least 4 members (excludes halogenated alkanes) is 1. The Labute approximate surface area is 114 Å². The van der Waals surface area contributed by atoms with E-state index < -0.39 is 12.6 Å². The van der Waals surface area contributed by atoms with Crippen molar-refractivity contribution >= 4 is 0 Å². The molecule has 1 atom stereocenters. The molecule has 0 heterocycles. The van der Waals surface area contributed by atoms with Gasteiger partial charge in [0.2, 0.25) is 0 Å². The summed E-state index contributed by atoms with van der Waals surface area (Å²) in [5.74, 6) is 0. The summed E-state index contributed by atoms with van der Waals surface area (Å²) in [5, 5.41) is 12.5. The van der Waals surface area contributed by atoms with E-state index in [4.69, 9.17) is 0 Å². The molecule has 0 amide bonds. The topological polar surface area (TPSA) is 35.5 Å². The Morgan fingerprint density at radius 3 is 2.21 bits per heavy atom. The maximum Gasteiger partial charge on any atom is 0.390 e. The van der Waals surface area contributed by atoms with Crippen LogP contribution in [0.1, 0.15) is 39.5 Å². The molecule has 0 aromatic carbocycles. The van der Waals surface area contributed by atoms with Crippen LogP contribution >= 0.6 is 0 Å². The predicted molar refractivity (Wildman–Crippen MR) is 71.2 cm³/mol. The highest BCUT2D eigenvalue weighted by Gasteiger charge is 2.27. The summed E-state index contributed by atoms with van der Waals surface area (Å²) in [4.78, 5) is 1.71. The van der Waals surface area contributed by atoms with E-state index in [0.717, 1.165) is 25.8 Å². The molecule has 6 heteroatoms. The van der Waals surface area contributed by atoms with E-state index in [0.29, 0.717) is 6.54 Å². The van der Waals surface area contributed by atoms with Gasteiger partial charge in [0, 0.05) is 12.1 Å². The van der Waals surface area contributed by atoms with Gasteiger partial charge < -0.3 is 15.3 Å². The highest BCUT2D eigenvalue weighted by molar-refractivity contribution is 4.81. The van der Waals surface area contributed by atoms with Gasteiger partial charge in [-0.2, -0.15) is 13.2 Å². The van der Waals surface area contributed by atoms with Crippen molar-refractivity contribution in [2.24, 2.45) is 0 Å². The molecule has 19 heavy (non-hydrogen) atoms. The van der Waals surface area contributed by atoms with Gasteiger partial charge in [0.25, 0.3) is 0 Å². The molecule has 3 nitrogen and oxygen atoms in total. The van der Waals surface area contributed by atoms with Crippen LogP contribution in [0.3, 0.4) is 0 Å². The van der Waals surface area contributed by atoms with E-state index in [1.54, 1.807) is 11.9 Å². The second-order valence-corrected chi connectivity index (χ2v) is 5.37. The van der Waals surface area contributed by atoms with Crippen molar-refractivity contribution in [1.82, 2.24) is 10.2 Å². The summed E-state index contributed by atoms with van der Waals surface area (Å²) in [6.45, 7) is 5.52. The lowest BCUT2D eigenvalue weighted by Gasteiger charge is -2.28. The molecule has 2 N–H and O–H groups in total. The SMILES string of the molecule is CCNC(C)(CO)CCCCN(C)CCC(F)(F)F. The van der Waals surface area contributed by atoms with Gasteiger partial charge in [0.15, 0.2) is 0 Å². The Bertz CT molecular complexity index is 236. The summed E-state index contributed by atoms with van der Waals surface area (Å²) < 4.78 is 36.1. The van der Waals surface area contributed by atoms with Crippen LogP contribution in [0.15, 0.2) is 0 Å². The highest BCUT2D eigenvalue weighted by atomic mass is 19.4. The van der Waals surface area contributed by atoms with E-state index >= 15 is 0 Å². The van der Waals surface area contributed by atoms with Crippen LogP contribution in [0.5, 0.6) is 0 Å². The maximum absolute atomic E-state index is 12.0. The molecule has 0 bridgehead atoms. The van der Waals surface area contributed by atoms with Crippen molar-refractivity contribution in [2.75, 3.05) is 33.3 Å². The molecule has 0 aliphatic carbocycles. The van der Waals surface area contributed by atoms with Gasteiger partial charge in [-0.05, 0) is 39.9 Å². The fourth-order valence-electron chi connectivity index (χ4n) is 1.98. The Hall–Kier alpha value is -0.330. The zero-order chi connectivity index (χ0) is 14.9. The van der Waals surface area contributed by atoms with E-state index in [-0.39, 0.29) is 18.7 Å². The lowest BCUT2D eigenvalue weighted by Crippen LogP contribution is -2.45. The Kier molecular flexibility index (Phi) is 8.61. The second-order valence-electron chi connectivity index (χ2n) is 5.37. The van der Waals surface area contributed by atoms with Gasteiger partial charge in [-0.1, -0.05) is 13.3 Å². The molecular formula is C13H27F3N2O. The minimum atomic E-state index is -4.07. The van der Waals surface area contributed by atoms with E-state index in [9.17, 15) is 18.3 Å². The molecule has 0 aliphatic heterocycles. The number of rotatable bonds is 10. The average molecular weight is 284 g/mol. The fourth-order valence-corrected chi connectivity index (χ4v) is 1.98. The normalized spacial score (nSPS) is 15.8. The second kappa shape index (κ2) is 8.76. The summed E-state index contributed by atoms with van der Waals surface area (Å²) in [5.41, 5.74) is -0.278. The quantitative estimate of drug-likeness (QED) is 0.605. The van der Waals surface area contributed by atoms with Crippen molar-refractivity contribution in [2.45, 2.75) is 51.2 Å². The van der Waals surface area contributed by atoms with Gasteiger partial charge in [-0.25, -0.2) is 0 Å². The molecular weight excluding hydrogens is 257 g/mol. The smallest absolute Gasteiger partial charge is 0.390 e. The number of hydrogen-bond donors (Lipinski definition) is 2. The molecule has 0 aromatic heterocycles. The molecule has 0 aromatic rings. The van der Waals surface area contributed by atoms with Crippen LogP contribution in [0, 0.1) is 0 Å². The van der Waals surface area contributed by atoms with Gasteiger partial charge >= 0.3 is 6.18 Å². The van der Waals surface area contributed by atoms with Crippen LogP contribution in [-0.4, -0.2) is 55.0 Å². The first-order chi connectivity index (χ1) is 8.72. The van der Waals surface area contributed by atoms with Crippen LogP contribution < -0.4 is 5.32 Å². The number of aliphatic hydroxyl groups excluding tert-OH is 1. The molecule has 0 radical (unpaired) electrons. The molecule has 0 spiro atoms. The zero-order valence-electron chi connectivity index (χ0n) is 12.2. The number of nitrogens with zero attached hydrogens (tertiary/aromatic N) is 1.